The van der Waals surface area contributed by atoms with Crippen LogP contribution in [-0.4, -0.2) is 19.6 Å². The SMILES string of the molecule is Cc1ccc(SC(=O)[C@H](C)NS(=O)(=O)c2ccc(C)cc2)cc1. The highest BCUT2D eigenvalue weighted by atomic mass is 32.2. The van der Waals surface area contributed by atoms with Gasteiger partial charge in [-0.1, -0.05) is 47.2 Å². The topological polar surface area (TPSA) is 63.2 Å². The molecule has 0 fully saturated rings. The first-order valence-electron chi connectivity index (χ1n) is 7.15. The molecule has 0 aliphatic rings. The molecule has 23 heavy (non-hydrogen) atoms. The van der Waals surface area contributed by atoms with E-state index >= 15 is 0 Å². The molecule has 0 bridgehead atoms. The van der Waals surface area contributed by atoms with Crippen LogP contribution in [0.4, 0.5) is 0 Å². The number of carbonyl (C=O) groups is 1. The summed E-state index contributed by atoms with van der Waals surface area (Å²) in [6, 6.07) is 13.2. The van der Waals surface area contributed by atoms with E-state index in [2.05, 4.69) is 4.72 Å². The van der Waals surface area contributed by atoms with Crippen molar-refractivity contribution < 1.29 is 13.2 Å². The number of benzene rings is 2. The molecule has 122 valence electrons. The smallest absolute Gasteiger partial charge is 0.241 e. The summed E-state index contributed by atoms with van der Waals surface area (Å²) in [5.74, 6) is 0. The molecule has 0 saturated carbocycles. The lowest BCUT2D eigenvalue weighted by Crippen LogP contribution is -2.37. The Kier molecular flexibility index (Phi) is 5.62. The molecule has 0 aromatic heterocycles. The fourth-order valence-electron chi connectivity index (χ4n) is 1.88. The first-order valence-corrected chi connectivity index (χ1v) is 9.45. The number of aryl methyl sites for hydroxylation is 2. The van der Waals surface area contributed by atoms with Crippen LogP contribution in [0, 0.1) is 13.8 Å². The van der Waals surface area contributed by atoms with Crippen LogP contribution in [0.1, 0.15) is 18.1 Å². The summed E-state index contributed by atoms with van der Waals surface area (Å²) in [6.07, 6.45) is 0. The number of carbonyl (C=O) groups excluding carboxylic acids is 1. The fourth-order valence-corrected chi connectivity index (χ4v) is 3.89. The van der Waals surface area contributed by atoms with Crippen molar-refractivity contribution in [3.05, 3.63) is 59.7 Å². The Balaban J connectivity index is 2.05. The highest BCUT2D eigenvalue weighted by Gasteiger charge is 2.22. The van der Waals surface area contributed by atoms with E-state index in [-0.39, 0.29) is 10.0 Å². The van der Waals surface area contributed by atoms with E-state index in [9.17, 15) is 13.2 Å². The lowest BCUT2D eigenvalue weighted by atomic mass is 10.2. The zero-order chi connectivity index (χ0) is 17.0. The van der Waals surface area contributed by atoms with Gasteiger partial charge >= 0.3 is 0 Å². The summed E-state index contributed by atoms with van der Waals surface area (Å²) in [5.41, 5.74) is 2.08. The Morgan fingerprint density at radius 2 is 1.43 bits per heavy atom. The molecule has 0 heterocycles. The van der Waals surface area contributed by atoms with Gasteiger partial charge in [-0.25, -0.2) is 8.42 Å². The first-order chi connectivity index (χ1) is 10.8. The molecule has 0 saturated heterocycles. The van der Waals surface area contributed by atoms with Crippen LogP contribution in [0.15, 0.2) is 58.3 Å². The Bertz CT molecular complexity index is 782. The third-order valence-electron chi connectivity index (χ3n) is 3.26. The van der Waals surface area contributed by atoms with Crippen molar-refractivity contribution in [3.63, 3.8) is 0 Å². The molecule has 0 unspecified atom stereocenters. The average Bonchev–Trinajstić information content (AvgIpc) is 2.49. The highest BCUT2D eigenvalue weighted by molar-refractivity contribution is 8.13. The average molecular weight is 349 g/mol. The second-order valence-electron chi connectivity index (χ2n) is 5.39. The van der Waals surface area contributed by atoms with Gasteiger partial charge in [0.15, 0.2) is 0 Å². The first kappa shape index (κ1) is 17.7. The van der Waals surface area contributed by atoms with Crippen molar-refractivity contribution >= 4 is 26.9 Å². The quantitative estimate of drug-likeness (QED) is 0.842. The molecular weight excluding hydrogens is 330 g/mol. The minimum atomic E-state index is -3.70. The number of nitrogens with one attached hydrogen (secondary N) is 1. The van der Waals surface area contributed by atoms with Crippen LogP contribution in [0.3, 0.4) is 0 Å². The van der Waals surface area contributed by atoms with Crippen LogP contribution in [-0.2, 0) is 14.8 Å². The van der Waals surface area contributed by atoms with Crippen molar-refractivity contribution in [1.82, 2.24) is 4.72 Å². The van der Waals surface area contributed by atoms with E-state index in [0.29, 0.717) is 0 Å². The maximum Gasteiger partial charge on any atom is 0.241 e. The molecule has 1 N–H and O–H groups in total. The Hall–Kier alpha value is -1.63. The number of hydrogen-bond acceptors (Lipinski definition) is 4. The van der Waals surface area contributed by atoms with Gasteiger partial charge in [0.05, 0.1) is 10.9 Å². The second-order valence-corrected chi connectivity index (χ2v) is 8.18. The van der Waals surface area contributed by atoms with E-state index < -0.39 is 16.1 Å². The minimum Gasteiger partial charge on any atom is -0.285 e. The Morgan fingerprint density at radius 3 is 1.96 bits per heavy atom. The third kappa shape index (κ3) is 4.92. The monoisotopic (exact) mass is 349 g/mol. The molecule has 4 nitrogen and oxygen atoms in total. The second kappa shape index (κ2) is 7.29. The minimum absolute atomic E-state index is 0.156. The Labute approximate surface area is 141 Å². The van der Waals surface area contributed by atoms with Crippen LogP contribution in [0.25, 0.3) is 0 Å². The van der Waals surface area contributed by atoms with Gasteiger partial charge < -0.3 is 0 Å². The summed E-state index contributed by atoms with van der Waals surface area (Å²) in [7, 11) is -3.70. The van der Waals surface area contributed by atoms with Crippen molar-refractivity contribution in [2.45, 2.75) is 36.6 Å². The zero-order valence-electron chi connectivity index (χ0n) is 13.2. The molecule has 2 rings (SSSR count). The van der Waals surface area contributed by atoms with Crippen molar-refractivity contribution in [1.29, 1.82) is 0 Å². The van der Waals surface area contributed by atoms with E-state index in [4.69, 9.17) is 0 Å². The molecule has 2 aromatic carbocycles. The molecule has 1 atom stereocenters. The predicted molar refractivity (Wildman–Crippen MR) is 93.0 cm³/mol. The summed E-state index contributed by atoms with van der Waals surface area (Å²) < 4.78 is 27.0. The summed E-state index contributed by atoms with van der Waals surface area (Å²) in [4.78, 5) is 13.1. The zero-order valence-corrected chi connectivity index (χ0v) is 14.9. The van der Waals surface area contributed by atoms with Gasteiger partial charge in [-0.2, -0.15) is 4.72 Å². The van der Waals surface area contributed by atoms with E-state index in [1.807, 2.05) is 38.1 Å². The van der Waals surface area contributed by atoms with Crippen molar-refractivity contribution in [2.75, 3.05) is 0 Å². The maximum atomic E-state index is 12.3. The van der Waals surface area contributed by atoms with E-state index in [1.165, 1.54) is 12.1 Å². The van der Waals surface area contributed by atoms with Gasteiger partial charge in [0.2, 0.25) is 15.1 Å². The number of rotatable bonds is 5. The normalized spacial score (nSPS) is 12.8. The summed E-state index contributed by atoms with van der Waals surface area (Å²) in [5, 5.41) is -0.246. The van der Waals surface area contributed by atoms with E-state index in [0.717, 1.165) is 27.8 Å². The van der Waals surface area contributed by atoms with Gasteiger partial charge in [0.1, 0.15) is 0 Å². The molecule has 0 amide bonds. The molecule has 0 aliphatic heterocycles. The van der Waals surface area contributed by atoms with Gasteiger partial charge in [0, 0.05) is 4.90 Å². The third-order valence-corrected chi connectivity index (χ3v) is 5.88. The molecular formula is C17H19NO3S2. The Morgan fingerprint density at radius 1 is 0.957 bits per heavy atom. The van der Waals surface area contributed by atoms with Crippen molar-refractivity contribution in [2.24, 2.45) is 0 Å². The van der Waals surface area contributed by atoms with Gasteiger partial charge in [-0.15, -0.1) is 0 Å². The number of hydrogen-bond donors (Lipinski definition) is 1. The highest BCUT2D eigenvalue weighted by Crippen LogP contribution is 2.21. The molecule has 0 spiro atoms. The fraction of sp³-hybridized carbons (Fsp3) is 0.235. The largest absolute Gasteiger partial charge is 0.285 e. The molecule has 0 radical (unpaired) electrons. The van der Waals surface area contributed by atoms with Gasteiger partial charge in [-0.05, 0) is 45.0 Å². The van der Waals surface area contributed by atoms with Crippen LogP contribution < -0.4 is 4.72 Å². The number of thioether (sulfide) groups is 1. The summed E-state index contributed by atoms with van der Waals surface area (Å²) >= 11 is 1.03. The van der Waals surface area contributed by atoms with Gasteiger partial charge in [-0.3, -0.25) is 4.79 Å². The van der Waals surface area contributed by atoms with E-state index in [1.54, 1.807) is 19.1 Å². The van der Waals surface area contributed by atoms with Crippen LogP contribution >= 0.6 is 11.8 Å². The number of sulfonamides is 1. The standard InChI is InChI=1S/C17H19NO3S2/c1-12-4-8-15(9-5-12)22-17(19)14(3)18-23(20,21)16-10-6-13(2)7-11-16/h4-11,14,18H,1-3H3/t14-/m0/s1. The predicted octanol–water partition coefficient (Wildman–Crippen LogP) is 3.29. The maximum absolute atomic E-state index is 12.3. The van der Waals surface area contributed by atoms with Crippen LogP contribution in [0.5, 0.6) is 0 Å². The molecule has 2 aromatic rings. The van der Waals surface area contributed by atoms with Crippen molar-refractivity contribution in [3.8, 4) is 0 Å². The van der Waals surface area contributed by atoms with Gasteiger partial charge in [0.25, 0.3) is 0 Å². The molecule has 6 heteroatoms. The molecule has 0 aliphatic carbocycles. The summed E-state index contributed by atoms with van der Waals surface area (Å²) in [6.45, 7) is 5.40. The lowest BCUT2D eigenvalue weighted by Gasteiger charge is -2.13. The van der Waals surface area contributed by atoms with Crippen LogP contribution in [0.2, 0.25) is 0 Å². The lowest BCUT2D eigenvalue weighted by molar-refractivity contribution is -0.112.